The number of nitrogens with zero attached hydrogens (tertiary/aromatic N) is 1. The van der Waals surface area contributed by atoms with Crippen molar-refractivity contribution in [1.29, 1.82) is 0 Å². The number of hydrogen-bond donors (Lipinski definition) is 0. The van der Waals surface area contributed by atoms with Gasteiger partial charge >= 0.3 is 6.09 Å². The molecule has 2 aliphatic heterocycles. The Morgan fingerprint density at radius 2 is 2.00 bits per heavy atom. The monoisotopic (exact) mass is 219 g/mol. The van der Waals surface area contributed by atoms with Gasteiger partial charge in [-0.3, -0.25) is 0 Å². The molecule has 4 nitrogen and oxygen atoms in total. The van der Waals surface area contributed by atoms with E-state index >= 15 is 0 Å². The van der Waals surface area contributed by atoms with Crippen molar-refractivity contribution in [2.45, 2.75) is 18.8 Å². The number of hydrogen-bond acceptors (Lipinski definition) is 3. The Balaban J connectivity index is 1.50. The highest BCUT2D eigenvalue weighted by Gasteiger charge is 2.49. The molecular weight excluding hydrogens is 206 g/mol. The van der Waals surface area contributed by atoms with Gasteiger partial charge in [-0.2, -0.15) is 0 Å². The lowest BCUT2D eigenvalue weighted by atomic mass is 10.2. The molecule has 2 atom stereocenters. The van der Waals surface area contributed by atoms with Gasteiger partial charge in [0, 0.05) is 0 Å². The summed E-state index contributed by atoms with van der Waals surface area (Å²) in [6.07, 6.45) is 0.299. The average molecular weight is 219 g/mol. The van der Waals surface area contributed by atoms with Gasteiger partial charge in [-0.15, -0.1) is 0 Å². The third-order valence-electron chi connectivity index (χ3n) is 2.95. The van der Waals surface area contributed by atoms with Crippen LogP contribution in [0.1, 0.15) is 5.56 Å². The molecule has 3 rings (SSSR count). The molecule has 4 heteroatoms. The molecule has 1 aromatic rings. The predicted octanol–water partition coefficient (Wildman–Crippen LogP) is 1.41. The third kappa shape index (κ3) is 1.88. The molecule has 0 saturated carbocycles. The number of likely N-dealkylation sites (tertiary alicyclic amines) is 1. The van der Waals surface area contributed by atoms with E-state index in [0.29, 0.717) is 19.7 Å². The minimum Gasteiger partial charge on any atom is -0.445 e. The zero-order valence-electron chi connectivity index (χ0n) is 8.83. The van der Waals surface area contributed by atoms with Crippen LogP contribution in [0.4, 0.5) is 4.79 Å². The second kappa shape index (κ2) is 3.79. The van der Waals surface area contributed by atoms with Crippen LogP contribution in [0.2, 0.25) is 0 Å². The van der Waals surface area contributed by atoms with E-state index < -0.39 is 0 Å². The van der Waals surface area contributed by atoms with Crippen molar-refractivity contribution < 1.29 is 14.3 Å². The van der Waals surface area contributed by atoms with Crippen LogP contribution < -0.4 is 0 Å². The molecule has 0 spiro atoms. The van der Waals surface area contributed by atoms with Gasteiger partial charge in [0.2, 0.25) is 0 Å². The van der Waals surface area contributed by atoms with Crippen LogP contribution in [-0.2, 0) is 16.1 Å². The fraction of sp³-hybridized carbons (Fsp3) is 0.417. The number of amides is 1. The Morgan fingerprint density at radius 3 is 2.69 bits per heavy atom. The lowest BCUT2D eigenvalue weighted by Crippen LogP contribution is -2.32. The van der Waals surface area contributed by atoms with Crippen molar-refractivity contribution >= 4 is 6.09 Å². The minimum atomic E-state index is -0.236. The van der Waals surface area contributed by atoms with E-state index in [1.54, 1.807) is 4.90 Å². The molecular formula is C12H13NO3. The highest BCUT2D eigenvalue weighted by Crippen LogP contribution is 2.30. The summed E-state index contributed by atoms with van der Waals surface area (Å²) < 4.78 is 10.5. The van der Waals surface area contributed by atoms with Crippen LogP contribution in [0.15, 0.2) is 30.3 Å². The number of rotatable bonds is 2. The average Bonchev–Trinajstić information content (AvgIpc) is 2.94. The second-order valence-corrected chi connectivity index (χ2v) is 4.16. The molecule has 1 amide bonds. The number of fused-ring (bicyclic) bond motifs is 1. The molecule has 0 unspecified atom stereocenters. The Kier molecular flexibility index (Phi) is 2.29. The number of carbonyl (C=O) groups excluding carboxylic acids is 1. The number of ether oxygens (including phenoxy) is 2. The highest BCUT2D eigenvalue weighted by atomic mass is 16.6. The lowest BCUT2D eigenvalue weighted by molar-refractivity contribution is 0.0903. The first-order chi connectivity index (χ1) is 7.83. The van der Waals surface area contributed by atoms with Crippen molar-refractivity contribution in [2.24, 2.45) is 0 Å². The quantitative estimate of drug-likeness (QED) is 0.706. The van der Waals surface area contributed by atoms with Crippen molar-refractivity contribution in [3.63, 3.8) is 0 Å². The molecule has 16 heavy (non-hydrogen) atoms. The second-order valence-electron chi connectivity index (χ2n) is 4.16. The maximum absolute atomic E-state index is 11.6. The lowest BCUT2D eigenvalue weighted by Gasteiger charge is -2.16. The largest absolute Gasteiger partial charge is 0.445 e. The summed E-state index contributed by atoms with van der Waals surface area (Å²) in [4.78, 5) is 13.3. The number of epoxide rings is 1. The first kappa shape index (κ1) is 9.66. The Morgan fingerprint density at radius 1 is 1.31 bits per heavy atom. The summed E-state index contributed by atoms with van der Waals surface area (Å²) in [6, 6.07) is 9.69. The van der Waals surface area contributed by atoms with Gasteiger partial charge in [-0.05, 0) is 5.56 Å². The van der Waals surface area contributed by atoms with E-state index in [2.05, 4.69) is 0 Å². The topological polar surface area (TPSA) is 42.1 Å². The van der Waals surface area contributed by atoms with Crippen molar-refractivity contribution in [2.75, 3.05) is 13.1 Å². The minimum absolute atomic E-state index is 0.236. The molecule has 0 bridgehead atoms. The fourth-order valence-electron chi connectivity index (χ4n) is 1.97. The number of morpholine rings is 1. The van der Waals surface area contributed by atoms with Crippen LogP contribution in [-0.4, -0.2) is 36.3 Å². The SMILES string of the molecule is O=C(OCc1ccccc1)N1C[C@H]2O[C@@H]2C1. The summed E-state index contributed by atoms with van der Waals surface area (Å²) in [5, 5.41) is 0. The summed E-state index contributed by atoms with van der Waals surface area (Å²) >= 11 is 0. The normalized spacial score (nSPS) is 26.4. The zero-order valence-corrected chi connectivity index (χ0v) is 8.83. The predicted molar refractivity (Wildman–Crippen MR) is 56.9 cm³/mol. The number of carbonyl (C=O) groups is 1. The van der Waals surface area contributed by atoms with Crippen LogP contribution in [0.25, 0.3) is 0 Å². The Hall–Kier alpha value is -1.55. The third-order valence-corrected chi connectivity index (χ3v) is 2.95. The first-order valence-electron chi connectivity index (χ1n) is 5.44. The van der Waals surface area contributed by atoms with Crippen molar-refractivity contribution in [3.8, 4) is 0 Å². The molecule has 2 aliphatic rings. The summed E-state index contributed by atoms with van der Waals surface area (Å²) in [7, 11) is 0. The fourth-order valence-corrected chi connectivity index (χ4v) is 1.97. The van der Waals surface area contributed by atoms with Gasteiger partial charge in [-0.1, -0.05) is 30.3 Å². The molecule has 0 radical (unpaired) electrons. The van der Waals surface area contributed by atoms with E-state index in [0.717, 1.165) is 5.56 Å². The molecule has 2 fully saturated rings. The first-order valence-corrected chi connectivity index (χ1v) is 5.44. The standard InChI is InChI=1S/C12H13NO3/c14-12(13-6-10-11(7-13)16-10)15-8-9-4-2-1-3-5-9/h1-5,10-11H,6-8H2/t10-,11-/m1/s1. The zero-order chi connectivity index (χ0) is 11.0. The van der Waals surface area contributed by atoms with E-state index in [1.807, 2.05) is 30.3 Å². The van der Waals surface area contributed by atoms with E-state index in [1.165, 1.54) is 0 Å². The van der Waals surface area contributed by atoms with Crippen LogP contribution in [0.5, 0.6) is 0 Å². The Labute approximate surface area is 93.8 Å². The molecule has 2 saturated heterocycles. The smallest absolute Gasteiger partial charge is 0.410 e. The van der Waals surface area contributed by atoms with Crippen LogP contribution in [0, 0.1) is 0 Å². The molecule has 0 N–H and O–H groups in total. The molecule has 2 heterocycles. The van der Waals surface area contributed by atoms with Gasteiger partial charge in [0.15, 0.2) is 0 Å². The van der Waals surface area contributed by atoms with Crippen LogP contribution >= 0.6 is 0 Å². The van der Waals surface area contributed by atoms with Gasteiger partial charge in [-0.25, -0.2) is 4.79 Å². The Bertz CT molecular complexity index is 383. The maximum Gasteiger partial charge on any atom is 0.410 e. The summed E-state index contributed by atoms with van der Waals surface area (Å²) in [5.74, 6) is 0. The van der Waals surface area contributed by atoms with Crippen LogP contribution in [0.3, 0.4) is 0 Å². The molecule has 1 aromatic carbocycles. The van der Waals surface area contributed by atoms with Gasteiger partial charge < -0.3 is 14.4 Å². The summed E-state index contributed by atoms with van der Waals surface area (Å²) in [5.41, 5.74) is 1.01. The highest BCUT2D eigenvalue weighted by molar-refractivity contribution is 5.68. The maximum atomic E-state index is 11.6. The van der Waals surface area contributed by atoms with Gasteiger partial charge in [0.25, 0.3) is 0 Å². The van der Waals surface area contributed by atoms with Gasteiger partial charge in [0.1, 0.15) is 18.8 Å². The van der Waals surface area contributed by atoms with Crippen molar-refractivity contribution in [3.05, 3.63) is 35.9 Å². The van der Waals surface area contributed by atoms with E-state index in [-0.39, 0.29) is 18.3 Å². The van der Waals surface area contributed by atoms with Gasteiger partial charge in [0.05, 0.1) is 13.1 Å². The van der Waals surface area contributed by atoms with Crippen molar-refractivity contribution in [1.82, 2.24) is 4.90 Å². The molecule has 84 valence electrons. The molecule has 0 aliphatic carbocycles. The van der Waals surface area contributed by atoms with E-state index in [4.69, 9.17) is 9.47 Å². The number of benzene rings is 1. The van der Waals surface area contributed by atoms with E-state index in [9.17, 15) is 4.79 Å². The molecule has 0 aromatic heterocycles. The summed E-state index contributed by atoms with van der Waals surface area (Å²) in [6.45, 7) is 1.70.